The summed E-state index contributed by atoms with van der Waals surface area (Å²) in [4.78, 5) is 14.3. The lowest BCUT2D eigenvalue weighted by Crippen LogP contribution is -2.36. The van der Waals surface area contributed by atoms with Crippen molar-refractivity contribution in [3.05, 3.63) is 30.1 Å². The van der Waals surface area contributed by atoms with Gasteiger partial charge < -0.3 is 18.9 Å². The Hall–Kier alpha value is -2.22. The number of hydrogen-bond donors (Lipinski definition) is 0. The number of piperidine rings is 1. The zero-order valence-corrected chi connectivity index (χ0v) is 15.6. The SMILES string of the molecule is Cn1c(SCC(=O)N2CCCCC2)nnc1[C@H]1COc2ccccc2O1. The molecule has 0 saturated carbocycles. The third-order valence-corrected chi connectivity index (χ3v) is 5.70. The lowest BCUT2D eigenvalue weighted by atomic mass is 10.1. The topological polar surface area (TPSA) is 69.5 Å². The standard InChI is InChI=1S/C18H22N4O3S/c1-21-17(15-11-24-13-7-3-4-8-14(13)25-15)19-20-18(21)26-12-16(23)22-9-5-2-6-10-22/h3-4,7-8,15H,2,5-6,9-12H2,1H3/t15-/m1/s1. The summed E-state index contributed by atoms with van der Waals surface area (Å²) < 4.78 is 13.6. The number of fused-ring (bicyclic) bond motifs is 1. The van der Waals surface area contributed by atoms with Crippen molar-refractivity contribution in [1.29, 1.82) is 0 Å². The number of thioether (sulfide) groups is 1. The van der Waals surface area contributed by atoms with E-state index in [1.165, 1.54) is 18.2 Å². The first-order valence-electron chi connectivity index (χ1n) is 8.91. The van der Waals surface area contributed by atoms with E-state index in [9.17, 15) is 4.79 Å². The molecule has 1 aromatic carbocycles. The number of amides is 1. The fraction of sp³-hybridized carbons (Fsp3) is 0.500. The Labute approximate surface area is 156 Å². The van der Waals surface area contributed by atoms with Crippen LogP contribution < -0.4 is 9.47 Å². The highest BCUT2D eigenvalue weighted by atomic mass is 32.2. The van der Waals surface area contributed by atoms with Gasteiger partial charge in [-0.05, 0) is 31.4 Å². The number of benzene rings is 1. The van der Waals surface area contributed by atoms with Gasteiger partial charge >= 0.3 is 0 Å². The largest absolute Gasteiger partial charge is 0.485 e. The molecule has 26 heavy (non-hydrogen) atoms. The van der Waals surface area contributed by atoms with Crippen LogP contribution in [0.3, 0.4) is 0 Å². The third kappa shape index (κ3) is 3.51. The van der Waals surface area contributed by atoms with Gasteiger partial charge in [0.1, 0.15) is 6.61 Å². The van der Waals surface area contributed by atoms with Gasteiger partial charge in [0.15, 0.2) is 28.6 Å². The highest BCUT2D eigenvalue weighted by Gasteiger charge is 2.27. The second-order valence-electron chi connectivity index (χ2n) is 6.49. The number of aromatic nitrogens is 3. The number of nitrogens with zero attached hydrogens (tertiary/aromatic N) is 4. The third-order valence-electron chi connectivity index (χ3n) is 4.70. The lowest BCUT2D eigenvalue weighted by Gasteiger charge is -2.26. The summed E-state index contributed by atoms with van der Waals surface area (Å²) in [5.41, 5.74) is 0. The Bertz CT molecular complexity index is 788. The molecule has 1 amide bonds. The molecule has 1 saturated heterocycles. The molecule has 2 aliphatic heterocycles. The molecule has 1 fully saturated rings. The number of para-hydroxylation sites is 2. The summed E-state index contributed by atoms with van der Waals surface area (Å²) in [7, 11) is 1.90. The van der Waals surface area contributed by atoms with Gasteiger partial charge in [-0.25, -0.2) is 0 Å². The maximum absolute atomic E-state index is 12.3. The van der Waals surface area contributed by atoms with Crippen LogP contribution in [0.25, 0.3) is 0 Å². The van der Waals surface area contributed by atoms with Gasteiger partial charge in [-0.2, -0.15) is 0 Å². The zero-order valence-electron chi connectivity index (χ0n) is 14.8. The second kappa shape index (κ2) is 7.57. The maximum Gasteiger partial charge on any atom is 0.233 e. The predicted octanol–water partition coefficient (Wildman–Crippen LogP) is 2.43. The van der Waals surface area contributed by atoms with Gasteiger partial charge in [-0.1, -0.05) is 23.9 Å². The average Bonchev–Trinajstić information content (AvgIpc) is 3.07. The molecule has 4 rings (SSSR count). The number of carbonyl (C=O) groups is 1. The molecule has 2 aliphatic rings. The molecule has 138 valence electrons. The average molecular weight is 374 g/mol. The number of carbonyl (C=O) groups excluding carboxylic acids is 1. The molecule has 1 atom stereocenters. The molecule has 1 aromatic heterocycles. The van der Waals surface area contributed by atoms with E-state index in [2.05, 4.69) is 10.2 Å². The van der Waals surface area contributed by atoms with Crippen LogP contribution in [0, 0.1) is 0 Å². The van der Waals surface area contributed by atoms with Crippen molar-refractivity contribution < 1.29 is 14.3 Å². The molecule has 0 radical (unpaired) electrons. The van der Waals surface area contributed by atoms with Crippen LogP contribution in [0.1, 0.15) is 31.2 Å². The first-order chi connectivity index (χ1) is 12.7. The molecular weight excluding hydrogens is 352 g/mol. The maximum atomic E-state index is 12.3. The fourth-order valence-electron chi connectivity index (χ4n) is 3.24. The van der Waals surface area contributed by atoms with Crippen LogP contribution in [0.2, 0.25) is 0 Å². The van der Waals surface area contributed by atoms with Crippen LogP contribution in [-0.2, 0) is 11.8 Å². The monoisotopic (exact) mass is 374 g/mol. The molecule has 0 N–H and O–H groups in total. The van der Waals surface area contributed by atoms with Crippen molar-refractivity contribution in [3.63, 3.8) is 0 Å². The molecule has 8 heteroatoms. The van der Waals surface area contributed by atoms with Crippen molar-refractivity contribution in [2.45, 2.75) is 30.5 Å². The van der Waals surface area contributed by atoms with Crippen LogP contribution >= 0.6 is 11.8 Å². The van der Waals surface area contributed by atoms with Crippen molar-refractivity contribution in [3.8, 4) is 11.5 Å². The van der Waals surface area contributed by atoms with Crippen molar-refractivity contribution in [2.24, 2.45) is 7.05 Å². The Morgan fingerprint density at radius 2 is 1.96 bits per heavy atom. The minimum absolute atomic E-state index is 0.172. The zero-order chi connectivity index (χ0) is 17.9. The Balaban J connectivity index is 1.40. The van der Waals surface area contributed by atoms with Crippen molar-refractivity contribution in [2.75, 3.05) is 25.4 Å². The lowest BCUT2D eigenvalue weighted by molar-refractivity contribution is -0.129. The number of ether oxygens (including phenoxy) is 2. The summed E-state index contributed by atoms with van der Waals surface area (Å²) in [6.07, 6.45) is 3.11. The van der Waals surface area contributed by atoms with Gasteiger partial charge in [-0.15, -0.1) is 10.2 Å². The first-order valence-corrected chi connectivity index (χ1v) is 9.89. The van der Waals surface area contributed by atoms with Crippen LogP contribution in [-0.4, -0.2) is 51.0 Å². The Morgan fingerprint density at radius 1 is 1.19 bits per heavy atom. The highest BCUT2D eigenvalue weighted by molar-refractivity contribution is 7.99. The van der Waals surface area contributed by atoms with E-state index in [1.54, 1.807) is 0 Å². The number of rotatable bonds is 4. The smallest absolute Gasteiger partial charge is 0.233 e. The molecule has 0 aliphatic carbocycles. The molecule has 3 heterocycles. The van der Waals surface area contributed by atoms with Crippen LogP contribution in [0.5, 0.6) is 11.5 Å². The second-order valence-corrected chi connectivity index (χ2v) is 7.44. The van der Waals surface area contributed by atoms with E-state index in [-0.39, 0.29) is 12.0 Å². The molecule has 2 aromatic rings. The van der Waals surface area contributed by atoms with Crippen molar-refractivity contribution >= 4 is 17.7 Å². The highest BCUT2D eigenvalue weighted by Crippen LogP contribution is 2.35. The van der Waals surface area contributed by atoms with E-state index in [0.717, 1.165) is 31.7 Å². The van der Waals surface area contributed by atoms with E-state index in [1.807, 2.05) is 40.8 Å². The molecular formula is C18H22N4O3S. The van der Waals surface area contributed by atoms with E-state index in [4.69, 9.17) is 9.47 Å². The summed E-state index contributed by atoms with van der Waals surface area (Å²) in [5.74, 6) is 2.71. The minimum atomic E-state index is -0.311. The fourth-order valence-corrected chi connectivity index (χ4v) is 4.06. The van der Waals surface area contributed by atoms with Crippen LogP contribution in [0.15, 0.2) is 29.4 Å². The summed E-state index contributed by atoms with van der Waals surface area (Å²) >= 11 is 1.42. The first kappa shape index (κ1) is 17.2. The normalized spacial score (nSPS) is 19.4. The summed E-state index contributed by atoms with van der Waals surface area (Å²) in [5, 5.41) is 9.21. The van der Waals surface area contributed by atoms with Gasteiger partial charge in [0.2, 0.25) is 5.91 Å². The Kier molecular flexibility index (Phi) is 5.01. The molecule has 0 spiro atoms. The summed E-state index contributed by atoms with van der Waals surface area (Å²) in [6.45, 7) is 2.13. The quantitative estimate of drug-likeness (QED) is 0.766. The van der Waals surface area contributed by atoms with Gasteiger partial charge in [0.25, 0.3) is 0 Å². The molecule has 0 bridgehead atoms. The molecule has 0 unspecified atom stereocenters. The Morgan fingerprint density at radius 3 is 2.77 bits per heavy atom. The van der Waals surface area contributed by atoms with E-state index < -0.39 is 0 Å². The van der Waals surface area contributed by atoms with E-state index in [0.29, 0.717) is 29.1 Å². The predicted molar refractivity (Wildman–Crippen MR) is 97.5 cm³/mol. The molecule has 7 nitrogen and oxygen atoms in total. The number of likely N-dealkylation sites (tertiary alicyclic amines) is 1. The van der Waals surface area contributed by atoms with Gasteiger partial charge in [0.05, 0.1) is 5.75 Å². The van der Waals surface area contributed by atoms with Gasteiger partial charge in [0, 0.05) is 20.1 Å². The van der Waals surface area contributed by atoms with Crippen LogP contribution in [0.4, 0.5) is 0 Å². The summed E-state index contributed by atoms with van der Waals surface area (Å²) in [6, 6.07) is 7.59. The minimum Gasteiger partial charge on any atom is -0.485 e. The van der Waals surface area contributed by atoms with Gasteiger partial charge in [-0.3, -0.25) is 4.79 Å². The van der Waals surface area contributed by atoms with E-state index >= 15 is 0 Å². The number of hydrogen-bond acceptors (Lipinski definition) is 6. The van der Waals surface area contributed by atoms with Crippen molar-refractivity contribution in [1.82, 2.24) is 19.7 Å².